The van der Waals surface area contributed by atoms with Crippen molar-refractivity contribution >= 4 is 5.97 Å². The van der Waals surface area contributed by atoms with Gasteiger partial charge in [0.2, 0.25) is 0 Å². The molecule has 3 unspecified atom stereocenters. The minimum atomic E-state index is -2.50. The van der Waals surface area contributed by atoms with Crippen molar-refractivity contribution in [3.8, 4) is 11.5 Å². The number of rotatable bonds is 7. The zero-order chi connectivity index (χ0) is 26.5. The molecule has 0 radical (unpaired) electrons. The molecule has 168 valence electrons. The molecule has 1 aromatic rings. The van der Waals surface area contributed by atoms with Crippen LogP contribution in [0.2, 0.25) is 0 Å². The first-order valence-electron chi connectivity index (χ1n) is 13.1. The molecule has 1 saturated heterocycles. The molecule has 6 nitrogen and oxygen atoms in total. The molecule has 1 aromatic carbocycles. The quantitative estimate of drug-likeness (QED) is 0.676. The Bertz CT molecular complexity index is 958. The summed E-state index contributed by atoms with van der Waals surface area (Å²) in [6, 6.07) is 0.445. The number of hydrogen-bond donors (Lipinski definition) is 1. The Kier molecular flexibility index (Phi) is 5.37. The third-order valence-electron chi connectivity index (χ3n) is 5.86. The fourth-order valence-electron chi connectivity index (χ4n) is 4.12. The number of carbonyl (C=O) groups excluding carboxylic acids is 1. The molecule has 0 saturated carbocycles. The van der Waals surface area contributed by atoms with Crippen LogP contribution in [0.5, 0.6) is 11.5 Å². The highest BCUT2D eigenvalue weighted by molar-refractivity contribution is 5.76. The molecule has 0 aromatic heterocycles. The van der Waals surface area contributed by atoms with Gasteiger partial charge in [0.1, 0.15) is 12.1 Å². The molecule has 0 bridgehead atoms. The van der Waals surface area contributed by atoms with Crippen molar-refractivity contribution in [1.29, 1.82) is 0 Å². The molecule has 6 heteroatoms. The molecule has 0 spiro atoms. The maximum atomic E-state index is 12.8. The second kappa shape index (κ2) is 9.56. The maximum absolute atomic E-state index is 12.8. The van der Waals surface area contributed by atoms with E-state index in [1.807, 2.05) is 27.7 Å². The van der Waals surface area contributed by atoms with Crippen LogP contribution in [0, 0.1) is 17.8 Å². The second-order valence-electron chi connectivity index (χ2n) is 8.89. The molecule has 2 aliphatic rings. The highest BCUT2D eigenvalue weighted by Crippen LogP contribution is 2.44. The molecule has 3 rings (SSSR count). The number of benzene rings is 1. The van der Waals surface area contributed by atoms with Crippen molar-refractivity contribution in [2.24, 2.45) is 23.5 Å². The summed E-state index contributed by atoms with van der Waals surface area (Å²) < 4.78 is 61.4. The minimum Gasteiger partial charge on any atom is -0.493 e. The summed E-state index contributed by atoms with van der Waals surface area (Å²) in [7, 11) is 2.87. The molecule has 0 amide bonds. The van der Waals surface area contributed by atoms with E-state index in [4.69, 9.17) is 25.4 Å². The second-order valence-corrected chi connectivity index (χ2v) is 8.89. The Morgan fingerprint density at radius 3 is 2.53 bits per heavy atom. The topological polar surface area (TPSA) is 74.0 Å². The molecular weight excluding hydrogens is 380 g/mol. The Labute approximate surface area is 188 Å². The average molecular weight is 424 g/mol. The maximum Gasteiger partial charge on any atom is 0.323 e. The molecule has 30 heavy (non-hydrogen) atoms. The van der Waals surface area contributed by atoms with Crippen molar-refractivity contribution < 1.29 is 25.9 Å². The number of hydrogen-bond acceptors (Lipinski definition) is 6. The Morgan fingerprint density at radius 1 is 1.27 bits per heavy atom. The number of nitrogens with two attached hydrogens (primary N) is 1. The van der Waals surface area contributed by atoms with Crippen LogP contribution >= 0.6 is 0 Å². The van der Waals surface area contributed by atoms with E-state index in [2.05, 4.69) is 0 Å². The highest BCUT2D eigenvalue weighted by atomic mass is 16.5. The standard InChI is InChI=1S/C24H38N2O4/c1-14(2)9-17-13-26-8-7-16-10-21(28-5)22(29-6)11-18(16)19(26)12-20(17)30-24(27)23(25)15(3)4/h10-11,14-15,17,19-20,23H,7-9,12-13,25H2,1-6H3/t17?,19?,20?,23-/m0/s1/i7D2,8D2,19D. The van der Waals surface area contributed by atoms with Crippen LogP contribution in [-0.2, 0) is 15.9 Å². The molecule has 2 N–H and O–H groups in total. The van der Waals surface area contributed by atoms with E-state index in [-0.39, 0.29) is 47.6 Å². The molecule has 4 atom stereocenters. The number of ether oxygens (including phenoxy) is 3. The zero-order valence-corrected chi connectivity index (χ0v) is 18.8. The van der Waals surface area contributed by atoms with E-state index in [1.165, 1.54) is 25.2 Å². The summed E-state index contributed by atoms with van der Waals surface area (Å²) in [6.07, 6.45) is -2.51. The van der Waals surface area contributed by atoms with Gasteiger partial charge >= 0.3 is 5.97 Å². The first-order valence-corrected chi connectivity index (χ1v) is 10.6. The third-order valence-corrected chi connectivity index (χ3v) is 5.86. The van der Waals surface area contributed by atoms with Gasteiger partial charge in [-0.05, 0) is 47.9 Å². The van der Waals surface area contributed by atoms with E-state index in [0.717, 1.165) is 0 Å². The van der Waals surface area contributed by atoms with Crippen LogP contribution in [0.25, 0.3) is 0 Å². The normalized spacial score (nSPS) is 33.2. The molecule has 1 fully saturated rings. The Balaban J connectivity index is 2.16. The lowest BCUT2D eigenvalue weighted by molar-refractivity contribution is -0.160. The summed E-state index contributed by atoms with van der Waals surface area (Å²) in [5.41, 5.74) is 6.34. The van der Waals surface area contributed by atoms with Gasteiger partial charge in [-0.15, -0.1) is 0 Å². The van der Waals surface area contributed by atoms with Crippen molar-refractivity contribution in [3.05, 3.63) is 23.3 Å². The van der Waals surface area contributed by atoms with Crippen molar-refractivity contribution in [2.45, 2.75) is 65.1 Å². The molecule has 2 aliphatic heterocycles. The summed E-state index contributed by atoms with van der Waals surface area (Å²) in [6.45, 7) is 5.27. The lowest BCUT2D eigenvalue weighted by atomic mass is 9.79. The van der Waals surface area contributed by atoms with Gasteiger partial charge in [0.15, 0.2) is 11.5 Å². The highest BCUT2D eigenvalue weighted by Gasteiger charge is 2.41. The minimum absolute atomic E-state index is 0.0256. The summed E-state index contributed by atoms with van der Waals surface area (Å²) >= 11 is 0. The van der Waals surface area contributed by atoms with Gasteiger partial charge in [-0.2, -0.15) is 0 Å². The summed E-state index contributed by atoms with van der Waals surface area (Å²) in [5, 5.41) is 0. The van der Waals surface area contributed by atoms with Crippen LogP contribution < -0.4 is 15.2 Å². The molecule has 0 aliphatic carbocycles. The Morgan fingerprint density at radius 2 is 1.93 bits per heavy atom. The zero-order valence-electron chi connectivity index (χ0n) is 23.8. The lowest BCUT2D eigenvalue weighted by Crippen LogP contribution is -2.51. The Hall–Kier alpha value is -1.79. The SMILES string of the molecule is [2H]C12CC(OC(=O)[C@@H](N)C(C)C)C(CC(C)C)CN1C([2H])([2H])C([2H])([2H])c1cc(OC)c(OC)cc12. The number of piperidine rings is 1. The van der Waals surface area contributed by atoms with Crippen molar-refractivity contribution in [1.82, 2.24) is 4.90 Å². The van der Waals surface area contributed by atoms with Gasteiger partial charge < -0.3 is 19.9 Å². The van der Waals surface area contributed by atoms with Gasteiger partial charge in [-0.3, -0.25) is 9.69 Å². The number of methoxy groups -OCH3 is 2. The smallest absolute Gasteiger partial charge is 0.323 e. The van der Waals surface area contributed by atoms with Crippen LogP contribution in [0.4, 0.5) is 0 Å². The van der Waals surface area contributed by atoms with E-state index < -0.39 is 37.0 Å². The number of fused-ring (bicyclic) bond motifs is 3. The van der Waals surface area contributed by atoms with Crippen LogP contribution in [0.15, 0.2) is 12.1 Å². The predicted molar refractivity (Wildman–Crippen MR) is 118 cm³/mol. The first kappa shape index (κ1) is 16.8. The number of nitrogens with zero attached hydrogens (tertiary/aromatic N) is 1. The van der Waals surface area contributed by atoms with Crippen LogP contribution in [0.3, 0.4) is 0 Å². The number of esters is 1. The third kappa shape index (κ3) is 4.75. The van der Waals surface area contributed by atoms with Gasteiger partial charge in [-0.25, -0.2) is 0 Å². The van der Waals surface area contributed by atoms with Gasteiger partial charge in [0.25, 0.3) is 0 Å². The van der Waals surface area contributed by atoms with Crippen molar-refractivity contribution in [3.63, 3.8) is 0 Å². The van der Waals surface area contributed by atoms with Gasteiger partial charge in [-0.1, -0.05) is 27.7 Å². The fourth-order valence-corrected chi connectivity index (χ4v) is 4.12. The monoisotopic (exact) mass is 423 g/mol. The van der Waals surface area contributed by atoms with Gasteiger partial charge in [0, 0.05) is 36.9 Å². The van der Waals surface area contributed by atoms with E-state index >= 15 is 0 Å². The summed E-state index contributed by atoms with van der Waals surface area (Å²) in [4.78, 5) is 14.1. The van der Waals surface area contributed by atoms with E-state index in [9.17, 15) is 6.17 Å². The fraction of sp³-hybridized carbons (Fsp3) is 0.708. The number of carbonyl (C=O) groups is 1. The largest absolute Gasteiger partial charge is 0.493 e. The summed E-state index contributed by atoms with van der Waals surface area (Å²) in [5.74, 6) is -0.160. The van der Waals surface area contributed by atoms with Crippen LogP contribution in [-0.4, -0.2) is 50.3 Å². The lowest BCUT2D eigenvalue weighted by Gasteiger charge is -2.47. The predicted octanol–water partition coefficient (Wildman–Crippen LogP) is 3.56. The van der Waals surface area contributed by atoms with E-state index in [0.29, 0.717) is 12.2 Å². The van der Waals surface area contributed by atoms with Crippen molar-refractivity contribution in [2.75, 3.05) is 27.3 Å². The molecular formula is C24H38N2O4. The van der Waals surface area contributed by atoms with Gasteiger partial charge in [0.05, 0.1) is 15.6 Å². The molecule has 2 heterocycles. The van der Waals surface area contributed by atoms with Crippen LogP contribution in [0.1, 0.15) is 64.5 Å². The first-order chi connectivity index (χ1) is 16.1. The van der Waals surface area contributed by atoms with E-state index in [1.54, 1.807) is 6.07 Å². The average Bonchev–Trinajstić information content (AvgIpc) is 2.77. The number of aryl methyl sites for hydroxylation is 1.